The van der Waals surface area contributed by atoms with Gasteiger partial charge in [-0.2, -0.15) is 0 Å². The molecule has 0 atom stereocenters. The molecule has 2 heteroatoms. The second-order valence-electron chi connectivity index (χ2n) is 20.8. The Morgan fingerprint density at radius 1 is 0.212 bits per heavy atom. The van der Waals surface area contributed by atoms with E-state index in [1.54, 1.807) is 0 Å². The standard InChI is InChI=1S/C78H52N2/c1-3-19-55(20-4-1)71(51-53-35-47-61(48-36-53)79-73-31-15-11-23-63(73)64-24-12-16-32-74(64)79)57-39-43-59(44-40-57)77-67-27-7-9-29-69(67)78(70-30-10-8-28-68(70)77)60-45-41-58(42-46-60)72(56-21-5-2-6-22-56)52-54-37-49-62(50-38-54)80-75-33-17-13-25-65(75)66-26-14-18-34-76(66)80/h1-52H/b71-51+,72-52+. The summed E-state index contributed by atoms with van der Waals surface area (Å²) in [6.07, 6.45) is 4.66. The quantitative estimate of drug-likeness (QED) is 0.0954. The van der Waals surface area contributed by atoms with E-state index in [0.29, 0.717) is 0 Å². The highest BCUT2D eigenvalue weighted by atomic mass is 15.0. The predicted molar refractivity (Wildman–Crippen MR) is 341 cm³/mol. The molecule has 0 bridgehead atoms. The lowest BCUT2D eigenvalue weighted by atomic mass is 9.85. The fourth-order valence-electron chi connectivity index (χ4n) is 12.5. The molecule has 2 aromatic heterocycles. The first-order valence-corrected chi connectivity index (χ1v) is 27.6. The van der Waals surface area contributed by atoms with Crippen molar-refractivity contribution < 1.29 is 0 Å². The van der Waals surface area contributed by atoms with Crippen LogP contribution in [0.1, 0.15) is 33.4 Å². The number of rotatable bonds is 10. The highest BCUT2D eigenvalue weighted by molar-refractivity contribution is 6.21. The summed E-state index contributed by atoms with van der Waals surface area (Å²) in [5.74, 6) is 0. The lowest BCUT2D eigenvalue weighted by Crippen LogP contribution is -1.94. The molecule has 0 saturated carbocycles. The molecule has 0 aliphatic heterocycles. The van der Waals surface area contributed by atoms with Crippen molar-refractivity contribution in [3.63, 3.8) is 0 Å². The maximum atomic E-state index is 2.38. The SMILES string of the molecule is C(=C(/c1ccccc1)c1ccc(-c2c3ccccc3c(-c3ccc(/C(=C/c4ccc(-n5c6ccccc6c6ccccc65)cc4)c4ccccc4)cc3)c3ccccc23)cc1)/c1ccc(-n2c3ccccc3c3ccccc32)cc1. The number of nitrogens with zero attached hydrogens (tertiary/aromatic N) is 2. The van der Waals surface area contributed by atoms with E-state index in [1.807, 2.05) is 0 Å². The lowest BCUT2D eigenvalue weighted by Gasteiger charge is -2.18. The molecule has 15 rings (SSSR count). The van der Waals surface area contributed by atoms with Gasteiger partial charge in [-0.3, -0.25) is 0 Å². The van der Waals surface area contributed by atoms with Crippen molar-refractivity contribution in [2.45, 2.75) is 0 Å². The van der Waals surface area contributed by atoms with E-state index in [0.717, 1.165) is 33.6 Å². The van der Waals surface area contributed by atoms with E-state index in [1.165, 1.54) is 110 Å². The summed E-state index contributed by atoms with van der Waals surface area (Å²) in [4.78, 5) is 0. The van der Waals surface area contributed by atoms with Crippen LogP contribution < -0.4 is 0 Å². The van der Waals surface area contributed by atoms with E-state index < -0.39 is 0 Å². The van der Waals surface area contributed by atoms with Crippen molar-refractivity contribution in [3.05, 3.63) is 337 Å². The van der Waals surface area contributed by atoms with Gasteiger partial charge in [0.2, 0.25) is 0 Å². The van der Waals surface area contributed by atoms with Gasteiger partial charge in [-0.15, -0.1) is 0 Å². The van der Waals surface area contributed by atoms with Gasteiger partial charge in [-0.1, -0.05) is 255 Å². The van der Waals surface area contributed by atoms with Crippen molar-refractivity contribution in [2.24, 2.45) is 0 Å². The monoisotopic (exact) mass is 1020 g/mol. The summed E-state index contributed by atoms with van der Waals surface area (Å²) in [5.41, 5.74) is 21.3. The molecule has 0 aliphatic rings. The summed E-state index contributed by atoms with van der Waals surface area (Å²) in [6, 6.07) is 111. The Balaban J connectivity index is 0.776. The molecule has 0 N–H and O–H groups in total. The normalized spacial score (nSPS) is 12.2. The van der Waals surface area contributed by atoms with Gasteiger partial charge in [-0.25, -0.2) is 0 Å². The van der Waals surface area contributed by atoms with Gasteiger partial charge >= 0.3 is 0 Å². The first-order valence-electron chi connectivity index (χ1n) is 27.6. The average molecular weight is 1020 g/mol. The summed E-state index contributed by atoms with van der Waals surface area (Å²) >= 11 is 0. The zero-order valence-corrected chi connectivity index (χ0v) is 43.9. The third-order valence-corrected chi connectivity index (χ3v) is 16.2. The van der Waals surface area contributed by atoms with Crippen molar-refractivity contribution in [1.82, 2.24) is 9.13 Å². The van der Waals surface area contributed by atoms with Gasteiger partial charge < -0.3 is 9.13 Å². The van der Waals surface area contributed by atoms with Crippen LogP contribution in [0.25, 0.3) is 122 Å². The van der Waals surface area contributed by atoms with E-state index >= 15 is 0 Å². The fourth-order valence-corrected chi connectivity index (χ4v) is 12.5. The molecule has 80 heavy (non-hydrogen) atoms. The Hall–Kier alpha value is -10.5. The van der Waals surface area contributed by atoms with Crippen molar-refractivity contribution in [1.29, 1.82) is 0 Å². The van der Waals surface area contributed by atoms with Gasteiger partial charge in [0.05, 0.1) is 22.1 Å². The highest BCUT2D eigenvalue weighted by Gasteiger charge is 2.19. The van der Waals surface area contributed by atoms with Crippen LogP contribution >= 0.6 is 0 Å². The van der Waals surface area contributed by atoms with E-state index in [9.17, 15) is 0 Å². The van der Waals surface area contributed by atoms with Crippen molar-refractivity contribution >= 4 is 88.5 Å². The molecule has 0 spiro atoms. The molecule has 0 radical (unpaired) electrons. The number of hydrogen-bond donors (Lipinski definition) is 0. The zero-order valence-electron chi connectivity index (χ0n) is 43.9. The molecule has 0 unspecified atom stereocenters. The molecule has 13 aromatic carbocycles. The number of fused-ring (bicyclic) bond motifs is 8. The highest BCUT2D eigenvalue weighted by Crippen LogP contribution is 2.45. The summed E-state index contributed by atoms with van der Waals surface area (Å²) in [5, 5.41) is 9.99. The van der Waals surface area contributed by atoms with Crippen molar-refractivity contribution in [2.75, 3.05) is 0 Å². The third-order valence-electron chi connectivity index (χ3n) is 16.2. The molecule has 0 amide bonds. The van der Waals surface area contributed by atoms with Gasteiger partial charge in [0, 0.05) is 32.9 Å². The Morgan fingerprint density at radius 3 is 0.762 bits per heavy atom. The summed E-state index contributed by atoms with van der Waals surface area (Å²) < 4.78 is 4.75. The molecule has 15 aromatic rings. The molecule has 0 aliphatic carbocycles. The maximum absolute atomic E-state index is 2.38. The van der Waals surface area contributed by atoms with E-state index in [-0.39, 0.29) is 0 Å². The summed E-state index contributed by atoms with van der Waals surface area (Å²) in [7, 11) is 0. The number of aromatic nitrogens is 2. The first-order chi connectivity index (χ1) is 39.7. The maximum Gasteiger partial charge on any atom is 0.0541 e. The second-order valence-corrected chi connectivity index (χ2v) is 20.8. The smallest absolute Gasteiger partial charge is 0.0541 e. The van der Waals surface area contributed by atoms with Crippen LogP contribution in [0.4, 0.5) is 0 Å². The minimum Gasteiger partial charge on any atom is -0.309 e. The van der Waals surface area contributed by atoms with Crippen LogP contribution in [0.2, 0.25) is 0 Å². The molecule has 0 fully saturated rings. The molecule has 0 saturated heterocycles. The predicted octanol–water partition coefficient (Wildman–Crippen LogP) is 20.7. The first kappa shape index (κ1) is 46.7. The minimum atomic E-state index is 1.15. The second kappa shape index (κ2) is 19.8. The Morgan fingerprint density at radius 2 is 0.463 bits per heavy atom. The Kier molecular flexibility index (Phi) is 11.6. The third kappa shape index (κ3) is 8.13. The van der Waals surface area contributed by atoms with E-state index in [4.69, 9.17) is 0 Å². The van der Waals surface area contributed by atoms with Crippen LogP contribution in [0.15, 0.2) is 303 Å². The number of para-hydroxylation sites is 4. The van der Waals surface area contributed by atoms with Gasteiger partial charge in [0.15, 0.2) is 0 Å². The Bertz CT molecular complexity index is 4390. The van der Waals surface area contributed by atoms with Gasteiger partial charge in [0.1, 0.15) is 0 Å². The topological polar surface area (TPSA) is 9.86 Å². The van der Waals surface area contributed by atoms with Crippen LogP contribution in [0.3, 0.4) is 0 Å². The minimum absolute atomic E-state index is 1.15. The van der Waals surface area contributed by atoms with Crippen LogP contribution in [-0.4, -0.2) is 9.13 Å². The largest absolute Gasteiger partial charge is 0.309 e. The fraction of sp³-hybridized carbons (Fsp3) is 0. The zero-order chi connectivity index (χ0) is 52.9. The summed E-state index contributed by atoms with van der Waals surface area (Å²) in [6.45, 7) is 0. The molecule has 2 heterocycles. The number of hydrogen-bond acceptors (Lipinski definition) is 0. The molecule has 374 valence electrons. The average Bonchev–Trinajstić information content (AvgIpc) is 4.20. The van der Waals surface area contributed by atoms with Crippen LogP contribution in [0.5, 0.6) is 0 Å². The van der Waals surface area contributed by atoms with Gasteiger partial charge in [0.25, 0.3) is 0 Å². The molecular formula is C78H52N2. The molecule has 2 nitrogen and oxygen atoms in total. The van der Waals surface area contributed by atoms with E-state index in [2.05, 4.69) is 325 Å². The lowest BCUT2D eigenvalue weighted by molar-refractivity contribution is 1.18. The van der Waals surface area contributed by atoms with Crippen LogP contribution in [-0.2, 0) is 0 Å². The molecular weight excluding hydrogens is 965 g/mol. The number of benzene rings is 13. The van der Waals surface area contributed by atoms with Gasteiger partial charge in [-0.05, 0) is 149 Å². The van der Waals surface area contributed by atoms with Crippen LogP contribution in [0, 0.1) is 0 Å². The van der Waals surface area contributed by atoms with Crippen molar-refractivity contribution in [3.8, 4) is 33.6 Å². The Labute approximate surface area is 465 Å².